The molecule has 134 valence electrons. The van der Waals surface area contributed by atoms with Gasteiger partial charge in [-0.3, -0.25) is 15.1 Å². The minimum absolute atomic E-state index is 0.0452. The lowest BCUT2D eigenvalue weighted by atomic mass is 10.1. The minimum atomic E-state index is -0.418. The van der Waals surface area contributed by atoms with Crippen LogP contribution in [-0.2, 0) is 6.54 Å². The van der Waals surface area contributed by atoms with Gasteiger partial charge < -0.3 is 10.6 Å². The van der Waals surface area contributed by atoms with Crippen LogP contribution in [-0.4, -0.2) is 20.0 Å². The summed E-state index contributed by atoms with van der Waals surface area (Å²) in [5.74, 6) is 0. The number of thiocarbonyl (C=S) groups is 1. The van der Waals surface area contributed by atoms with Crippen LogP contribution in [0.2, 0.25) is 0 Å². The van der Waals surface area contributed by atoms with Crippen LogP contribution in [0, 0.1) is 10.1 Å². The van der Waals surface area contributed by atoms with Crippen molar-refractivity contribution in [2.24, 2.45) is 0 Å². The highest BCUT2D eigenvalue weighted by molar-refractivity contribution is 7.80. The van der Waals surface area contributed by atoms with Crippen molar-refractivity contribution in [2.45, 2.75) is 6.54 Å². The number of pyridine rings is 1. The minimum Gasteiger partial charge on any atom is -0.358 e. The van der Waals surface area contributed by atoms with Gasteiger partial charge in [0, 0.05) is 36.5 Å². The number of non-ortho nitro benzene ring substituents is 1. The maximum absolute atomic E-state index is 10.9. The molecule has 0 bridgehead atoms. The fourth-order valence-electron chi connectivity index (χ4n) is 2.74. The number of hydrogen-bond donors (Lipinski definition) is 2. The molecule has 0 aliphatic heterocycles. The van der Waals surface area contributed by atoms with Gasteiger partial charge in [0.2, 0.25) is 0 Å². The largest absolute Gasteiger partial charge is 0.358 e. The van der Waals surface area contributed by atoms with Crippen molar-refractivity contribution in [1.29, 1.82) is 0 Å². The summed E-state index contributed by atoms with van der Waals surface area (Å²) < 4.78 is 0.732. The zero-order valence-electron chi connectivity index (χ0n) is 13.9. The van der Waals surface area contributed by atoms with E-state index in [2.05, 4.69) is 20.6 Å². The third kappa shape index (κ3) is 3.69. The molecule has 0 atom stereocenters. The number of anilines is 1. The lowest BCUT2D eigenvalue weighted by molar-refractivity contribution is -0.384. The van der Waals surface area contributed by atoms with Crippen LogP contribution in [0.15, 0.2) is 54.9 Å². The van der Waals surface area contributed by atoms with Crippen LogP contribution in [0.25, 0.3) is 21.0 Å². The first-order valence-electron chi connectivity index (χ1n) is 8.01. The Bertz CT molecular complexity index is 1170. The fourth-order valence-corrected chi connectivity index (χ4v) is 3.88. The zero-order chi connectivity index (χ0) is 18.8. The van der Waals surface area contributed by atoms with Gasteiger partial charge in [-0.05, 0) is 35.3 Å². The molecule has 4 rings (SSSR count). The molecule has 2 aromatic heterocycles. The Labute approximate surface area is 163 Å². The maximum Gasteiger partial charge on any atom is 0.270 e. The lowest BCUT2D eigenvalue weighted by Gasteiger charge is -2.10. The molecule has 4 aromatic rings. The summed E-state index contributed by atoms with van der Waals surface area (Å²) in [4.78, 5) is 19.0. The highest BCUT2D eigenvalue weighted by Crippen LogP contribution is 2.29. The summed E-state index contributed by atoms with van der Waals surface area (Å²) in [7, 11) is 0. The van der Waals surface area contributed by atoms with E-state index in [1.165, 1.54) is 23.5 Å². The van der Waals surface area contributed by atoms with Crippen LogP contribution in [0.5, 0.6) is 0 Å². The van der Waals surface area contributed by atoms with Crippen molar-refractivity contribution in [2.75, 3.05) is 5.32 Å². The van der Waals surface area contributed by atoms with Crippen LogP contribution in [0.3, 0.4) is 0 Å². The van der Waals surface area contributed by atoms with E-state index in [-0.39, 0.29) is 5.69 Å². The van der Waals surface area contributed by atoms with Gasteiger partial charge in [-0.1, -0.05) is 29.5 Å². The summed E-state index contributed by atoms with van der Waals surface area (Å²) in [6.07, 6.45) is 3.60. The average Bonchev–Trinajstić information content (AvgIpc) is 3.07. The topological polar surface area (TPSA) is 93.0 Å². The monoisotopic (exact) mass is 395 g/mol. The standard InChI is InChI=1S/C18H13N5O2S2/c24-23(25)13-4-5-15-16(8-13)27-18(21-15)22-17(26)20-10-12-3-1-2-11-9-19-7-6-14(11)12/h1-9H,10H2,(H2,20,21,22,26). The molecule has 7 nitrogen and oxygen atoms in total. The van der Waals surface area contributed by atoms with Gasteiger partial charge in [0.05, 0.1) is 15.1 Å². The van der Waals surface area contributed by atoms with Crippen LogP contribution >= 0.6 is 23.6 Å². The van der Waals surface area contributed by atoms with E-state index in [9.17, 15) is 10.1 Å². The second kappa shape index (κ2) is 7.22. The molecule has 0 saturated carbocycles. The molecule has 0 amide bonds. The SMILES string of the molecule is O=[N+]([O-])c1ccc2nc(NC(=S)NCc3cccc4cnccc34)sc2c1. The molecule has 27 heavy (non-hydrogen) atoms. The van der Waals surface area contributed by atoms with E-state index < -0.39 is 4.92 Å². The van der Waals surface area contributed by atoms with Gasteiger partial charge in [-0.25, -0.2) is 4.98 Å². The molecule has 0 fully saturated rings. The molecule has 0 unspecified atom stereocenters. The Morgan fingerprint density at radius 2 is 2.15 bits per heavy atom. The maximum atomic E-state index is 10.9. The van der Waals surface area contributed by atoms with Crippen molar-refractivity contribution >= 4 is 60.5 Å². The first-order chi connectivity index (χ1) is 13.1. The summed E-state index contributed by atoms with van der Waals surface area (Å²) in [6.45, 7) is 0.559. The number of aromatic nitrogens is 2. The van der Waals surface area contributed by atoms with Crippen LogP contribution in [0.4, 0.5) is 10.8 Å². The molecule has 0 aliphatic rings. The van der Waals surface area contributed by atoms with Gasteiger partial charge in [0.25, 0.3) is 5.69 Å². The Kier molecular flexibility index (Phi) is 4.61. The summed E-state index contributed by atoms with van der Waals surface area (Å²) in [5.41, 5.74) is 1.85. The lowest BCUT2D eigenvalue weighted by Crippen LogP contribution is -2.27. The Hall–Kier alpha value is -3.17. The molecule has 0 aliphatic carbocycles. The first-order valence-corrected chi connectivity index (χ1v) is 9.24. The van der Waals surface area contributed by atoms with E-state index >= 15 is 0 Å². The second-order valence-corrected chi connectivity index (χ2v) is 7.19. The number of rotatable bonds is 4. The third-order valence-corrected chi connectivity index (χ3v) is 5.19. The van der Waals surface area contributed by atoms with E-state index in [1.54, 1.807) is 12.3 Å². The quantitative estimate of drug-likeness (QED) is 0.303. The number of nitrogens with zero attached hydrogens (tertiary/aromatic N) is 3. The van der Waals surface area contributed by atoms with Gasteiger partial charge in [-0.2, -0.15) is 0 Å². The van der Waals surface area contributed by atoms with Crippen molar-refractivity contribution < 1.29 is 4.92 Å². The Balaban J connectivity index is 1.46. The molecular formula is C18H13N5O2S2. The zero-order valence-corrected chi connectivity index (χ0v) is 15.5. The molecule has 0 saturated heterocycles. The molecule has 9 heteroatoms. The Morgan fingerprint density at radius 3 is 3.00 bits per heavy atom. The van der Waals surface area contributed by atoms with Crippen molar-refractivity contribution in [1.82, 2.24) is 15.3 Å². The van der Waals surface area contributed by atoms with Gasteiger partial charge in [0.15, 0.2) is 10.2 Å². The van der Waals surface area contributed by atoms with Crippen LogP contribution in [0.1, 0.15) is 5.56 Å². The second-order valence-electron chi connectivity index (χ2n) is 5.75. The predicted octanol–water partition coefficient (Wildman–Crippen LogP) is 4.24. The third-order valence-electron chi connectivity index (χ3n) is 4.01. The molecule has 0 radical (unpaired) electrons. The first kappa shape index (κ1) is 17.3. The smallest absolute Gasteiger partial charge is 0.270 e. The predicted molar refractivity (Wildman–Crippen MR) is 111 cm³/mol. The van der Waals surface area contributed by atoms with E-state index in [0.29, 0.717) is 22.3 Å². The van der Waals surface area contributed by atoms with Gasteiger partial charge in [0.1, 0.15) is 0 Å². The molecule has 0 spiro atoms. The van der Waals surface area contributed by atoms with E-state index in [1.807, 2.05) is 30.5 Å². The highest BCUT2D eigenvalue weighted by atomic mass is 32.1. The number of hydrogen-bond acceptors (Lipinski definition) is 6. The summed E-state index contributed by atoms with van der Waals surface area (Å²) >= 11 is 6.67. The van der Waals surface area contributed by atoms with Gasteiger partial charge >= 0.3 is 0 Å². The molecule has 2 heterocycles. The van der Waals surface area contributed by atoms with E-state index in [0.717, 1.165) is 21.0 Å². The number of nitro benzene ring substituents is 1. The number of benzene rings is 2. The number of nitro groups is 1. The number of fused-ring (bicyclic) bond motifs is 2. The number of nitrogens with one attached hydrogen (secondary N) is 2. The average molecular weight is 395 g/mol. The molecular weight excluding hydrogens is 382 g/mol. The van der Waals surface area contributed by atoms with Crippen molar-refractivity contribution in [3.05, 3.63) is 70.5 Å². The summed E-state index contributed by atoms with van der Waals surface area (Å²) in [5, 5.41) is 20.3. The van der Waals surface area contributed by atoms with E-state index in [4.69, 9.17) is 12.2 Å². The van der Waals surface area contributed by atoms with Crippen LogP contribution < -0.4 is 10.6 Å². The normalized spacial score (nSPS) is 10.8. The van der Waals surface area contributed by atoms with Crippen molar-refractivity contribution in [3.63, 3.8) is 0 Å². The van der Waals surface area contributed by atoms with Crippen molar-refractivity contribution in [3.8, 4) is 0 Å². The molecule has 2 N–H and O–H groups in total. The van der Waals surface area contributed by atoms with Gasteiger partial charge in [-0.15, -0.1) is 0 Å². The fraction of sp³-hybridized carbons (Fsp3) is 0.0556. The highest BCUT2D eigenvalue weighted by Gasteiger charge is 2.11. The summed E-state index contributed by atoms with van der Waals surface area (Å²) in [6, 6.07) is 12.6. The Morgan fingerprint density at radius 1 is 1.26 bits per heavy atom. The molecule has 2 aromatic carbocycles. The number of thiazole rings is 1.